The molecule has 0 aliphatic carbocycles. The summed E-state index contributed by atoms with van der Waals surface area (Å²) in [5, 5.41) is 0. The van der Waals surface area contributed by atoms with E-state index in [0.29, 0.717) is 43.4 Å². The first kappa shape index (κ1) is 25.0. The molecule has 9 heteroatoms. The van der Waals surface area contributed by atoms with Crippen molar-refractivity contribution < 1.29 is 23.7 Å². The predicted molar refractivity (Wildman–Crippen MR) is 137 cm³/mol. The lowest BCUT2D eigenvalue weighted by molar-refractivity contribution is -0.138. The average Bonchev–Trinajstić information content (AvgIpc) is 3.20. The Morgan fingerprint density at radius 1 is 1.08 bits per heavy atom. The van der Waals surface area contributed by atoms with E-state index >= 15 is 0 Å². The minimum Gasteiger partial charge on any atom is -0.497 e. The molecule has 1 atom stereocenters. The van der Waals surface area contributed by atoms with Crippen LogP contribution in [0.25, 0.3) is 6.08 Å². The molecule has 0 saturated heterocycles. The second kappa shape index (κ2) is 10.7. The normalized spacial score (nSPS) is 15.1. The number of hydrogen-bond donors (Lipinski definition) is 0. The van der Waals surface area contributed by atoms with Gasteiger partial charge in [-0.05, 0) is 48.9 Å². The lowest BCUT2D eigenvalue weighted by atomic mass is 9.96. The second-order valence-electron chi connectivity index (χ2n) is 7.85. The SMILES string of the molecule is C=CCOC(=O)C1=C(C)N=c2s/c(=C\c3cc(OC)ccc3OC)c(=O)n2[C@@H]1c1ccc(OC)cc1. The number of thiazole rings is 1. The molecule has 0 amide bonds. The van der Waals surface area contributed by atoms with E-state index in [4.69, 9.17) is 18.9 Å². The monoisotopic (exact) mass is 506 g/mol. The number of methoxy groups -OCH3 is 3. The van der Waals surface area contributed by atoms with Crippen molar-refractivity contribution >= 4 is 23.4 Å². The number of fused-ring (bicyclic) bond motifs is 1. The molecule has 1 aromatic heterocycles. The second-order valence-corrected chi connectivity index (χ2v) is 8.86. The van der Waals surface area contributed by atoms with E-state index in [1.807, 2.05) is 12.1 Å². The van der Waals surface area contributed by atoms with Gasteiger partial charge in [0.25, 0.3) is 5.56 Å². The molecule has 1 aliphatic heterocycles. The van der Waals surface area contributed by atoms with Crippen molar-refractivity contribution in [1.82, 2.24) is 4.57 Å². The first-order valence-electron chi connectivity index (χ1n) is 11.1. The van der Waals surface area contributed by atoms with E-state index in [2.05, 4.69) is 11.6 Å². The number of aromatic nitrogens is 1. The highest BCUT2D eigenvalue weighted by Gasteiger charge is 2.33. The first-order chi connectivity index (χ1) is 17.4. The Kier molecular flexibility index (Phi) is 7.40. The molecule has 186 valence electrons. The largest absolute Gasteiger partial charge is 0.497 e. The summed E-state index contributed by atoms with van der Waals surface area (Å²) in [4.78, 5) is 31.9. The van der Waals surface area contributed by atoms with Crippen molar-refractivity contribution in [2.24, 2.45) is 4.99 Å². The van der Waals surface area contributed by atoms with Crippen molar-refractivity contribution in [3.05, 3.63) is 97.2 Å². The van der Waals surface area contributed by atoms with Gasteiger partial charge in [0.1, 0.15) is 23.9 Å². The molecular formula is C27H26N2O6S. The van der Waals surface area contributed by atoms with Crippen LogP contribution in [0, 0.1) is 0 Å². The number of allylic oxidation sites excluding steroid dienone is 1. The van der Waals surface area contributed by atoms with Crippen molar-refractivity contribution in [1.29, 1.82) is 0 Å². The van der Waals surface area contributed by atoms with Crippen molar-refractivity contribution in [3.8, 4) is 17.2 Å². The molecule has 2 heterocycles. The Labute approximate surface area is 212 Å². The molecular weight excluding hydrogens is 480 g/mol. The molecule has 3 aromatic rings. The molecule has 36 heavy (non-hydrogen) atoms. The van der Waals surface area contributed by atoms with Gasteiger partial charge >= 0.3 is 5.97 Å². The molecule has 2 aromatic carbocycles. The quantitative estimate of drug-likeness (QED) is 0.345. The zero-order chi connectivity index (χ0) is 25.8. The number of esters is 1. The van der Waals surface area contributed by atoms with Gasteiger partial charge in [-0.3, -0.25) is 9.36 Å². The average molecular weight is 507 g/mol. The Bertz CT molecular complexity index is 1520. The highest BCUT2D eigenvalue weighted by molar-refractivity contribution is 7.07. The van der Waals surface area contributed by atoms with Gasteiger partial charge in [-0.2, -0.15) is 0 Å². The number of nitrogens with zero attached hydrogens (tertiary/aromatic N) is 2. The summed E-state index contributed by atoms with van der Waals surface area (Å²) in [7, 11) is 4.71. The molecule has 0 bridgehead atoms. The molecule has 0 unspecified atom stereocenters. The van der Waals surface area contributed by atoms with Gasteiger partial charge in [0.05, 0.1) is 43.2 Å². The lowest BCUT2D eigenvalue weighted by Crippen LogP contribution is -2.39. The van der Waals surface area contributed by atoms with E-state index in [1.165, 1.54) is 22.0 Å². The predicted octanol–water partition coefficient (Wildman–Crippen LogP) is 2.99. The van der Waals surface area contributed by atoms with Crippen LogP contribution in [-0.2, 0) is 9.53 Å². The van der Waals surface area contributed by atoms with E-state index in [-0.39, 0.29) is 12.2 Å². The van der Waals surface area contributed by atoms with Crippen LogP contribution in [0.4, 0.5) is 0 Å². The number of rotatable bonds is 8. The third kappa shape index (κ3) is 4.70. The highest BCUT2D eigenvalue weighted by atomic mass is 32.1. The van der Waals surface area contributed by atoms with Crippen LogP contribution in [0.3, 0.4) is 0 Å². The fourth-order valence-electron chi connectivity index (χ4n) is 3.99. The van der Waals surface area contributed by atoms with Crippen LogP contribution in [-0.4, -0.2) is 38.5 Å². The van der Waals surface area contributed by atoms with Gasteiger partial charge in [-0.25, -0.2) is 9.79 Å². The van der Waals surface area contributed by atoms with E-state index in [0.717, 1.165) is 5.56 Å². The van der Waals surface area contributed by atoms with Crippen LogP contribution in [0.2, 0.25) is 0 Å². The van der Waals surface area contributed by atoms with Gasteiger partial charge in [-0.1, -0.05) is 36.1 Å². The summed E-state index contributed by atoms with van der Waals surface area (Å²) < 4.78 is 23.4. The van der Waals surface area contributed by atoms with Crippen LogP contribution >= 0.6 is 11.3 Å². The molecule has 0 saturated carbocycles. The van der Waals surface area contributed by atoms with Crippen molar-refractivity contribution in [2.75, 3.05) is 27.9 Å². The summed E-state index contributed by atoms with van der Waals surface area (Å²) in [6, 6.07) is 11.9. The van der Waals surface area contributed by atoms with Crippen LogP contribution in [0.1, 0.15) is 24.1 Å². The van der Waals surface area contributed by atoms with Gasteiger partial charge in [-0.15, -0.1) is 0 Å². The zero-order valence-electron chi connectivity index (χ0n) is 20.4. The molecule has 1 aliphatic rings. The molecule has 4 rings (SSSR count). The lowest BCUT2D eigenvalue weighted by Gasteiger charge is -2.24. The minimum absolute atomic E-state index is 0.0466. The maximum Gasteiger partial charge on any atom is 0.338 e. The summed E-state index contributed by atoms with van der Waals surface area (Å²) in [6.07, 6.45) is 3.23. The van der Waals surface area contributed by atoms with E-state index in [9.17, 15) is 9.59 Å². The molecule has 0 fully saturated rings. The summed E-state index contributed by atoms with van der Waals surface area (Å²) in [6.45, 7) is 5.39. The number of carbonyl (C=O) groups excluding carboxylic acids is 1. The Morgan fingerprint density at radius 2 is 1.78 bits per heavy atom. The third-order valence-corrected chi connectivity index (χ3v) is 6.71. The molecule has 0 spiro atoms. The number of hydrogen-bond acceptors (Lipinski definition) is 8. The highest BCUT2D eigenvalue weighted by Crippen LogP contribution is 2.32. The molecule has 0 N–H and O–H groups in total. The molecule has 0 radical (unpaired) electrons. The fourth-order valence-corrected chi connectivity index (χ4v) is 5.03. The summed E-state index contributed by atoms with van der Waals surface area (Å²) in [5.41, 5.74) is 1.90. The van der Waals surface area contributed by atoms with Crippen LogP contribution in [0.15, 0.2) is 76.2 Å². The topological polar surface area (TPSA) is 88.4 Å². The first-order valence-corrected chi connectivity index (χ1v) is 11.9. The molecule has 8 nitrogen and oxygen atoms in total. The fraction of sp³-hybridized carbons (Fsp3) is 0.222. The zero-order valence-corrected chi connectivity index (χ0v) is 21.3. The van der Waals surface area contributed by atoms with Gasteiger partial charge in [0.2, 0.25) is 0 Å². The number of ether oxygens (including phenoxy) is 4. The van der Waals surface area contributed by atoms with Crippen LogP contribution < -0.4 is 29.1 Å². The number of carbonyl (C=O) groups is 1. The van der Waals surface area contributed by atoms with E-state index < -0.39 is 12.0 Å². The van der Waals surface area contributed by atoms with Gasteiger partial charge in [0, 0.05) is 5.56 Å². The van der Waals surface area contributed by atoms with E-state index in [1.54, 1.807) is 64.7 Å². The maximum absolute atomic E-state index is 13.8. The van der Waals surface area contributed by atoms with Crippen molar-refractivity contribution in [2.45, 2.75) is 13.0 Å². The van der Waals surface area contributed by atoms with Gasteiger partial charge < -0.3 is 18.9 Å². The maximum atomic E-state index is 13.8. The Hall–Kier alpha value is -4.11. The smallest absolute Gasteiger partial charge is 0.338 e. The van der Waals surface area contributed by atoms with Crippen LogP contribution in [0.5, 0.6) is 17.2 Å². The third-order valence-electron chi connectivity index (χ3n) is 5.73. The van der Waals surface area contributed by atoms with Crippen molar-refractivity contribution in [3.63, 3.8) is 0 Å². The van der Waals surface area contributed by atoms with Gasteiger partial charge in [0.15, 0.2) is 4.80 Å². The summed E-state index contributed by atoms with van der Waals surface area (Å²) in [5.74, 6) is 1.33. The minimum atomic E-state index is -0.723. The standard InChI is InChI=1S/C27H26N2O6S/c1-6-13-35-26(31)23-16(2)28-27-29(24(23)17-7-9-19(32-3)10-8-17)25(30)22(36-27)15-18-14-20(33-4)11-12-21(18)34-5/h6-12,14-15,24H,1,13H2,2-5H3/b22-15-/t24-/m1/s1. The Morgan fingerprint density at radius 3 is 2.42 bits per heavy atom. The summed E-state index contributed by atoms with van der Waals surface area (Å²) >= 11 is 1.24. The Balaban J connectivity index is 1.94. The number of benzene rings is 2.